The van der Waals surface area contributed by atoms with Crippen molar-refractivity contribution >= 4 is 67.0 Å². The lowest BCUT2D eigenvalue weighted by Crippen LogP contribution is -1.82. The third-order valence-electron chi connectivity index (χ3n) is 0.789. The van der Waals surface area contributed by atoms with Crippen LogP contribution >= 0.6 is 48.6 Å². The van der Waals surface area contributed by atoms with E-state index >= 15 is 0 Å². The van der Waals surface area contributed by atoms with Crippen molar-refractivity contribution in [1.29, 1.82) is 0 Å². The van der Waals surface area contributed by atoms with Gasteiger partial charge in [0.05, 0.1) is 3.79 Å². The van der Waals surface area contributed by atoms with E-state index in [1.165, 1.54) is 6.07 Å². The molecule has 0 fully saturated rings. The molecule has 0 spiro atoms. The smallest absolute Gasteiger partial charge is 0.273 e. The number of rotatable bonds is 1. The zero-order chi connectivity index (χ0) is 12.3. The summed E-state index contributed by atoms with van der Waals surface area (Å²) in [6.45, 7) is 0. The molecule has 0 unspecified atom stereocenters. The van der Waals surface area contributed by atoms with Gasteiger partial charge in [-0.15, -0.1) is 11.3 Å². The van der Waals surface area contributed by atoms with Crippen LogP contribution in [0.2, 0.25) is 0 Å². The third-order valence-corrected chi connectivity index (χ3v) is 4.51. The quantitative estimate of drug-likeness (QED) is 0.599. The van der Waals surface area contributed by atoms with Gasteiger partial charge in [0.2, 0.25) is 0 Å². The van der Waals surface area contributed by atoms with Gasteiger partial charge in [-0.05, 0) is 28.1 Å². The molecule has 1 aromatic heterocycles. The fraction of sp³-hybridized carbons (Fsp3) is 0. The second-order valence-electron chi connectivity index (χ2n) is 1.91. The summed E-state index contributed by atoms with van der Waals surface area (Å²) in [5.74, 6) is 0. The van der Waals surface area contributed by atoms with E-state index in [1.807, 2.05) is 0 Å². The highest BCUT2D eigenvalue weighted by Gasteiger charge is 2.11. The second kappa shape index (κ2) is 5.80. The molecule has 0 amide bonds. The van der Waals surface area contributed by atoms with Crippen molar-refractivity contribution < 1.29 is 21.4 Å². The van der Waals surface area contributed by atoms with Crippen molar-refractivity contribution in [1.82, 2.24) is 0 Å². The largest absolute Gasteiger partial charge is 0.353 e. The molecule has 1 heterocycles. The maximum absolute atomic E-state index is 10.6. The molecule has 1 aromatic rings. The number of halogens is 3. The summed E-state index contributed by atoms with van der Waals surface area (Å²) >= 11 is 4.21. The van der Waals surface area contributed by atoms with Gasteiger partial charge in [0, 0.05) is 21.4 Å². The predicted octanol–water partition coefficient (Wildman–Crippen LogP) is 2.47. The molecular weight excluding hydrogens is 375 g/mol. The summed E-state index contributed by atoms with van der Waals surface area (Å²) in [7, 11) is 1.38. The Bertz CT molecular complexity index is 510. The van der Waals surface area contributed by atoms with Crippen LogP contribution in [0, 0.1) is 0 Å². The monoisotopic (exact) mass is 376 g/mol. The number of hydrogen-bond acceptors (Lipinski definition) is 5. The molecule has 0 radical (unpaired) electrons. The molecular formula is C4H3BrCl2O5S3. The van der Waals surface area contributed by atoms with Crippen LogP contribution in [-0.4, -0.2) is 21.4 Å². The Hall–Kier alpha value is 0.620. The van der Waals surface area contributed by atoms with E-state index in [1.54, 1.807) is 6.07 Å². The minimum Gasteiger partial charge on any atom is -0.273 e. The first-order valence-corrected chi connectivity index (χ1v) is 9.05. The van der Waals surface area contributed by atoms with Crippen LogP contribution < -0.4 is 0 Å². The Morgan fingerprint density at radius 1 is 1.20 bits per heavy atom. The Labute approximate surface area is 108 Å². The van der Waals surface area contributed by atoms with E-state index in [9.17, 15) is 8.42 Å². The van der Waals surface area contributed by atoms with Crippen LogP contribution in [0.3, 0.4) is 0 Å². The second-order valence-corrected chi connectivity index (χ2v) is 9.16. The van der Waals surface area contributed by atoms with Crippen molar-refractivity contribution in [2.24, 2.45) is 0 Å². The van der Waals surface area contributed by atoms with Gasteiger partial charge in [-0.2, -0.15) is 8.42 Å². The fourth-order valence-corrected chi connectivity index (χ4v) is 3.21. The van der Waals surface area contributed by atoms with Gasteiger partial charge in [0.25, 0.3) is 9.05 Å². The average Bonchev–Trinajstić information content (AvgIpc) is 2.29. The van der Waals surface area contributed by atoms with Crippen molar-refractivity contribution in [2.45, 2.75) is 4.21 Å². The van der Waals surface area contributed by atoms with Gasteiger partial charge >= 0.3 is 9.33 Å². The van der Waals surface area contributed by atoms with Gasteiger partial charge in [-0.3, -0.25) is 4.55 Å². The maximum Gasteiger partial charge on any atom is 0.353 e. The molecule has 1 rings (SSSR count). The first-order valence-electron chi connectivity index (χ1n) is 2.87. The summed E-state index contributed by atoms with van der Waals surface area (Å²) in [5, 5.41) is 0. The standard InChI is InChI=1S/C4H2BrClO2S2.ClHO3S/c5-3-1-2-4(9-3)10(6,7)8;1-5(2,3)4/h1-2H;(H,2,3,4). The summed E-state index contributed by atoms with van der Waals surface area (Å²) in [5.41, 5.74) is 0. The van der Waals surface area contributed by atoms with Gasteiger partial charge in [-0.25, -0.2) is 8.42 Å². The van der Waals surface area contributed by atoms with E-state index in [0.29, 0.717) is 0 Å². The molecule has 5 nitrogen and oxygen atoms in total. The van der Waals surface area contributed by atoms with Crippen molar-refractivity contribution in [2.75, 3.05) is 0 Å². The van der Waals surface area contributed by atoms with Gasteiger partial charge in [0.15, 0.2) is 0 Å². The highest BCUT2D eigenvalue weighted by atomic mass is 79.9. The first-order chi connectivity index (χ1) is 6.50. The maximum atomic E-state index is 10.6. The molecule has 88 valence electrons. The SMILES string of the molecule is O=S(=O)(Cl)c1ccc(Br)s1.O=S(=O)(O)Cl. The molecule has 0 atom stereocenters. The Morgan fingerprint density at radius 3 is 1.73 bits per heavy atom. The molecule has 1 N–H and O–H groups in total. The minimum absolute atomic E-state index is 0.168. The summed E-state index contributed by atoms with van der Waals surface area (Å²) < 4.78 is 47.3. The van der Waals surface area contributed by atoms with E-state index in [4.69, 9.17) is 23.7 Å². The third kappa shape index (κ3) is 9.54. The Morgan fingerprint density at radius 2 is 1.60 bits per heavy atom. The van der Waals surface area contributed by atoms with Crippen molar-refractivity contribution in [3.8, 4) is 0 Å². The molecule has 0 bridgehead atoms. The van der Waals surface area contributed by atoms with Crippen LogP contribution in [0.15, 0.2) is 20.1 Å². The normalized spacial score (nSPS) is 11.7. The van der Waals surface area contributed by atoms with Crippen LogP contribution in [0.1, 0.15) is 0 Å². The van der Waals surface area contributed by atoms with Crippen molar-refractivity contribution in [3.63, 3.8) is 0 Å². The molecule has 0 aliphatic carbocycles. The molecule has 0 saturated carbocycles. The van der Waals surface area contributed by atoms with Crippen LogP contribution in [0.25, 0.3) is 0 Å². The molecule has 0 aromatic carbocycles. The predicted molar refractivity (Wildman–Crippen MR) is 62.5 cm³/mol. The lowest BCUT2D eigenvalue weighted by Gasteiger charge is -1.83. The first kappa shape index (κ1) is 15.6. The molecule has 0 aliphatic rings. The summed E-state index contributed by atoms with van der Waals surface area (Å²) in [4.78, 5) is 0. The minimum atomic E-state index is -4.19. The van der Waals surface area contributed by atoms with E-state index in [0.717, 1.165) is 15.1 Å². The Balaban J connectivity index is 0.000000336. The van der Waals surface area contributed by atoms with Crippen LogP contribution in [-0.2, 0) is 18.4 Å². The topological polar surface area (TPSA) is 88.5 Å². The lowest BCUT2D eigenvalue weighted by atomic mass is 10.7. The van der Waals surface area contributed by atoms with Crippen LogP contribution in [0.5, 0.6) is 0 Å². The highest BCUT2D eigenvalue weighted by molar-refractivity contribution is 9.11. The zero-order valence-electron chi connectivity index (χ0n) is 6.59. The zero-order valence-corrected chi connectivity index (χ0v) is 12.1. The lowest BCUT2D eigenvalue weighted by molar-refractivity contribution is 0.501. The van der Waals surface area contributed by atoms with Gasteiger partial charge in [0.1, 0.15) is 4.21 Å². The number of thiophene rings is 1. The van der Waals surface area contributed by atoms with Crippen molar-refractivity contribution in [3.05, 3.63) is 15.9 Å². The summed E-state index contributed by atoms with van der Waals surface area (Å²) in [6, 6.07) is 3.09. The molecule has 15 heavy (non-hydrogen) atoms. The van der Waals surface area contributed by atoms with Gasteiger partial charge < -0.3 is 0 Å². The molecule has 11 heteroatoms. The number of hydrogen-bond donors (Lipinski definition) is 1. The van der Waals surface area contributed by atoms with E-state index in [-0.39, 0.29) is 4.21 Å². The fourth-order valence-electron chi connectivity index (χ4n) is 0.429. The molecule has 0 aliphatic heterocycles. The van der Waals surface area contributed by atoms with Crippen LogP contribution in [0.4, 0.5) is 0 Å². The van der Waals surface area contributed by atoms with E-state index in [2.05, 4.69) is 26.6 Å². The highest BCUT2D eigenvalue weighted by Crippen LogP contribution is 2.28. The average molecular weight is 378 g/mol. The summed E-state index contributed by atoms with van der Waals surface area (Å²) in [6.07, 6.45) is 0. The molecule has 0 saturated heterocycles. The van der Waals surface area contributed by atoms with E-state index < -0.39 is 18.4 Å². The Kier molecular flexibility index (Phi) is 6.04. The van der Waals surface area contributed by atoms with Gasteiger partial charge in [-0.1, -0.05) is 0 Å².